The number of rotatable bonds is 2. The lowest BCUT2D eigenvalue weighted by Gasteiger charge is -2.22. The van der Waals surface area contributed by atoms with Crippen molar-refractivity contribution < 1.29 is 8.42 Å². The van der Waals surface area contributed by atoms with E-state index in [1.807, 2.05) is 0 Å². The number of hydrogen-bond donors (Lipinski definition) is 2. The Hall–Kier alpha value is -0.130. The van der Waals surface area contributed by atoms with Crippen LogP contribution in [0.3, 0.4) is 0 Å². The van der Waals surface area contributed by atoms with Gasteiger partial charge in [0.1, 0.15) is 0 Å². The molecule has 0 aromatic heterocycles. The second kappa shape index (κ2) is 3.51. The van der Waals surface area contributed by atoms with Crippen molar-refractivity contribution in [3.05, 3.63) is 0 Å². The molecule has 0 spiro atoms. The normalized spacial score (nSPS) is 21.9. The van der Waals surface area contributed by atoms with Gasteiger partial charge in [0, 0.05) is 6.04 Å². The van der Waals surface area contributed by atoms with Gasteiger partial charge in [-0.25, -0.2) is 13.1 Å². The van der Waals surface area contributed by atoms with Gasteiger partial charge in [-0.3, -0.25) is 0 Å². The molecule has 2 N–H and O–H groups in total. The van der Waals surface area contributed by atoms with Crippen LogP contribution in [0.5, 0.6) is 0 Å². The van der Waals surface area contributed by atoms with Crippen LogP contribution in [0.2, 0.25) is 0 Å². The maximum Gasteiger partial charge on any atom is 0.208 e. The molecule has 0 atom stereocenters. The summed E-state index contributed by atoms with van der Waals surface area (Å²) >= 11 is 0. The summed E-state index contributed by atoms with van der Waals surface area (Å²) in [7, 11) is -3.00. The van der Waals surface area contributed by atoms with E-state index in [1.54, 1.807) is 0 Å². The fourth-order valence-corrected chi connectivity index (χ4v) is 2.08. The fourth-order valence-electron chi connectivity index (χ4n) is 1.24. The van der Waals surface area contributed by atoms with E-state index in [0.717, 1.165) is 25.9 Å². The van der Waals surface area contributed by atoms with E-state index in [2.05, 4.69) is 10.0 Å². The lowest BCUT2D eigenvalue weighted by molar-refractivity contribution is 0.428. The van der Waals surface area contributed by atoms with Crippen molar-refractivity contribution in [3.8, 4) is 0 Å². The highest BCUT2D eigenvalue weighted by Crippen LogP contribution is 2.02. The van der Waals surface area contributed by atoms with Crippen molar-refractivity contribution >= 4 is 10.0 Å². The molecule has 0 saturated carbocycles. The van der Waals surface area contributed by atoms with E-state index in [-0.39, 0.29) is 6.04 Å². The molecule has 0 bridgehead atoms. The third-order valence-electron chi connectivity index (χ3n) is 1.72. The maximum absolute atomic E-state index is 10.8. The van der Waals surface area contributed by atoms with Crippen molar-refractivity contribution in [2.45, 2.75) is 18.9 Å². The Kier molecular flexibility index (Phi) is 2.86. The van der Waals surface area contributed by atoms with Crippen LogP contribution in [0.15, 0.2) is 0 Å². The summed E-state index contributed by atoms with van der Waals surface area (Å²) in [5.74, 6) is 0. The van der Waals surface area contributed by atoms with Gasteiger partial charge in [0.15, 0.2) is 0 Å². The minimum Gasteiger partial charge on any atom is -0.317 e. The van der Waals surface area contributed by atoms with Crippen LogP contribution >= 0.6 is 0 Å². The standard InChI is InChI=1S/C6H14N2O2S/c1-11(9,10)8-6-2-4-7-5-3-6/h6-8H,2-5H2,1H3. The molecular formula is C6H14N2O2S. The van der Waals surface area contributed by atoms with E-state index in [4.69, 9.17) is 0 Å². The predicted molar refractivity (Wildman–Crippen MR) is 43.9 cm³/mol. The molecule has 0 aliphatic carbocycles. The van der Waals surface area contributed by atoms with E-state index in [1.165, 1.54) is 6.26 Å². The Labute approximate surface area is 67.4 Å². The molecule has 5 heteroatoms. The average Bonchev–Trinajstić information content (AvgIpc) is 1.85. The highest BCUT2D eigenvalue weighted by molar-refractivity contribution is 7.88. The van der Waals surface area contributed by atoms with Gasteiger partial charge in [0.05, 0.1) is 6.26 Å². The van der Waals surface area contributed by atoms with Crippen LogP contribution in [-0.4, -0.2) is 33.8 Å². The topological polar surface area (TPSA) is 58.2 Å². The first-order chi connectivity index (χ1) is 5.08. The molecule has 1 rings (SSSR count). The van der Waals surface area contributed by atoms with Gasteiger partial charge >= 0.3 is 0 Å². The second-order valence-electron chi connectivity index (χ2n) is 2.91. The Bertz CT molecular complexity index is 207. The Morgan fingerprint density at radius 3 is 2.36 bits per heavy atom. The van der Waals surface area contributed by atoms with Crippen LogP contribution in [-0.2, 0) is 10.0 Å². The van der Waals surface area contributed by atoms with Crippen LogP contribution in [0.1, 0.15) is 12.8 Å². The molecule has 0 aromatic rings. The van der Waals surface area contributed by atoms with Crippen LogP contribution < -0.4 is 10.0 Å². The molecule has 1 fully saturated rings. The largest absolute Gasteiger partial charge is 0.317 e. The molecule has 1 aliphatic rings. The van der Waals surface area contributed by atoms with Crippen molar-refractivity contribution in [2.75, 3.05) is 19.3 Å². The Morgan fingerprint density at radius 1 is 1.36 bits per heavy atom. The SMILES string of the molecule is CS(=O)(=O)NC1CCNCC1. The third kappa shape index (κ3) is 3.69. The average molecular weight is 178 g/mol. The first kappa shape index (κ1) is 8.96. The van der Waals surface area contributed by atoms with Crippen molar-refractivity contribution in [3.63, 3.8) is 0 Å². The van der Waals surface area contributed by atoms with Crippen molar-refractivity contribution in [2.24, 2.45) is 0 Å². The summed E-state index contributed by atoms with van der Waals surface area (Å²) in [5, 5.41) is 3.17. The second-order valence-corrected chi connectivity index (χ2v) is 4.69. The van der Waals surface area contributed by atoms with Gasteiger partial charge < -0.3 is 5.32 Å². The Morgan fingerprint density at radius 2 is 1.91 bits per heavy atom. The van der Waals surface area contributed by atoms with Crippen LogP contribution in [0.25, 0.3) is 0 Å². The quantitative estimate of drug-likeness (QED) is 0.587. The minimum absolute atomic E-state index is 0.145. The monoisotopic (exact) mass is 178 g/mol. The molecule has 0 aromatic carbocycles. The molecule has 0 amide bonds. The zero-order valence-electron chi connectivity index (χ0n) is 6.63. The molecule has 0 unspecified atom stereocenters. The lowest BCUT2D eigenvalue weighted by Crippen LogP contribution is -2.42. The molecule has 1 saturated heterocycles. The summed E-state index contributed by atoms with van der Waals surface area (Å²) < 4.78 is 24.1. The summed E-state index contributed by atoms with van der Waals surface area (Å²) in [6.45, 7) is 1.82. The van der Waals surface area contributed by atoms with Crippen molar-refractivity contribution in [1.82, 2.24) is 10.0 Å². The summed E-state index contributed by atoms with van der Waals surface area (Å²) in [4.78, 5) is 0. The van der Waals surface area contributed by atoms with Crippen LogP contribution in [0.4, 0.5) is 0 Å². The van der Waals surface area contributed by atoms with Crippen LogP contribution in [0, 0.1) is 0 Å². The number of hydrogen-bond acceptors (Lipinski definition) is 3. The van der Waals surface area contributed by atoms with Crippen molar-refractivity contribution in [1.29, 1.82) is 0 Å². The molecule has 4 nitrogen and oxygen atoms in total. The first-order valence-corrected chi connectivity index (χ1v) is 5.65. The lowest BCUT2D eigenvalue weighted by atomic mass is 10.1. The predicted octanol–water partition coefficient (Wildman–Crippen LogP) is -0.712. The molecule has 0 radical (unpaired) electrons. The molecule has 1 heterocycles. The minimum atomic E-state index is -3.00. The molecule has 66 valence electrons. The summed E-state index contributed by atoms with van der Waals surface area (Å²) in [6, 6.07) is 0.145. The zero-order chi connectivity index (χ0) is 8.32. The van der Waals surface area contributed by atoms with Gasteiger partial charge in [-0.05, 0) is 25.9 Å². The molecule has 11 heavy (non-hydrogen) atoms. The summed E-state index contributed by atoms with van der Waals surface area (Å²) in [6.07, 6.45) is 3.00. The highest BCUT2D eigenvalue weighted by atomic mass is 32.2. The smallest absolute Gasteiger partial charge is 0.208 e. The summed E-state index contributed by atoms with van der Waals surface area (Å²) in [5.41, 5.74) is 0. The van der Waals surface area contributed by atoms with Gasteiger partial charge in [0.2, 0.25) is 10.0 Å². The fraction of sp³-hybridized carbons (Fsp3) is 1.00. The zero-order valence-corrected chi connectivity index (χ0v) is 7.45. The molecule has 1 aliphatic heterocycles. The third-order valence-corrected chi connectivity index (χ3v) is 2.48. The number of piperidine rings is 1. The van der Waals surface area contributed by atoms with E-state index >= 15 is 0 Å². The Balaban J connectivity index is 2.36. The first-order valence-electron chi connectivity index (χ1n) is 3.76. The highest BCUT2D eigenvalue weighted by Gasteiger charge is 2.15. The van der Waals surface area contributed by atoms with Gasteiger partial charge in [-0.1, -0.05) is 0 Å². The van der Waals surface area contributed by atoms with Gasteiger partial charge in [-0.15, -0.1) is 0 Å². The van der Waals surface area contributed by atoms with E-state index < -0.39 is 10.0 Å². The van der Waals surface area contributed by atoms with E-state index in [9.17, 15) is 8.42 Å². The number of sulfonamides is 1. The number of nitrogens with one attached hydrogen (secondary N) is 2. The van der Waals surface area contributed by atoms with Gasteiger partial charge in [-0.2, -0.15) is 0 Å². The van der Waals surface area contributed by atoms with Gasteiger partial charge in [0.25, 0.3) is 0 Å². The maximum atomic E-state index is 10.8. The van der Waals surface area contributed by atoms with E-state index in [0.29, 0.717) is 0 Å². The molecular weight excluding hydrogens is 164 g/mol.